The fourth-order valence-corrected chi connectivity index (χ4v) is 16.2. The standard InChI is InChI=1S/C28H44O12S8/c1-29-5-9-33-15-37-19-13-41-23-24(42-14-20(19)38-16-34-10-6-30-2)46-27(45-23)28-47-25-26(48-28)44-22(40-18-36-12-8-32-4)21(43-25)39-17-35-11-7-31-3/h19-22H,5-18H2,1-4H3/t19-,20-,21-,22-/m0/s1. The molecule has 0 aromatic rings. The van der Waals surface area contributed by atoms with Gasteiger partial charge in [0.1, 0.15) is 38.0 Å². The van der Waals surface area contributed by atoms with Gasteiger partial charge in [0.25, 0.3) is 0 Å². The van der Waals surface area contributed by atoms with Crippen LogP contribution in [0.2, 0.25) is 0 Å². The molecule has 0 unspecified atom stereocenters. The van der Waals surface area contributed by atoms with Crippen LogP contribution in [0.15, 0.2) is 25.4 Å². The maximum absolute atomic E-state index is 6.17. The molecule has 0 bridgehead atoms. The Morgan fingerprint density at radius 3 is 1.10 bits per heavy atom. The van der Waals surface area contributed by atoms with Gasteiger partial charge in [0.05, 0.1) is 90.5 Å². The maximum Gasteiger partial charge on any atom is 0.148 e. The van der Waals surface area contributed by atoms with Gasteiger partial charge in [-0.3, -0.25) is 0 Å². The minimum Gasteiger partial charge on any atom is -0.382 e. The molecule has 4 rings (SSSR count). The summed E-state index contributed by atoms with van der Waals surface area (Å²) in [6.07, 6.45) is -0.314. The SMILES string of the molecule is COCCOCO[C@H]1CSC2=C(SC[C@@H]1OCOCCOC)SC(=C1SC3=C(S1)S[C@H](OCOCCOC)[C@@H](OCOCCOC)S3)S2. The van der Waals surface area contributed by atoms with Crippen molar-refractivity contribution in [1.29, 1.82) is 0 Å². The molecule has 276 valence electrons. The van der Waals surface area contributed by atoms with Gasteiger partial charge in [0, 0.05) is 39.9 Å². The zero-order valence-corrected chi connectivity index (χ0v) is 33.9. The largest absolute Gasteiger partial charge is 0.382 e. The van der Waals surface area contributed by atoms with Gasteiger partial charge < -0.3 is 56.8 Å². The van der Waals surface area contributed by atoms with Gasteiger partial charge in [0.2, 0.25) is 0 Å². The predicted octanol–water partition coefficient (Wildman–Crippen LogP) is 6.22. The van der Waals surface area contributed by atoms with Gasteiger partial charge in [-0.2, -0.15) is 0 Å². The summed E-state index contributed by atoms with van der Waals surface area (Å²) >= 11 is 14.2. The topological polar surface area (TPSA) is 111 Å². The Bertz CT molecular complexity index is 964. The molecule has 4 aliphatic heterocycles. The lowest BCUT2D eigenvalue weighted by Crippen LogP contribution is -2.37. The fourth-order valence-electron chi connectivity index (χ4n) is 3.73. The normalized spacial score (nSPS) is 24.8. The second kappa shape index (κ2) is 25.5. The molecule has 0 spiro atoms. The molecule has 0 saturated heterocycles. The average molecular weight is 829 g/mol. The summed E-state index contributed by atoms with van der Waals surface area (Å²) in [5.41, 5.74) is -0.502. The van der Waals surface area contributed by atoms with Crippen LogP contribution in [0.3, 0.4) is 0 Å². The lowest BCUT2D eigenvalue weighted by molar-refractivity contribution is -0.158. The second-order valence-corrected chi connectivity index (χ2v) is 19.5. The van der Waals surface area contributed by atoms with Gasteiger partial charge in [-0.1, -0.05) is 70.6 Å². The lowest BCUT2D eigenvalue weighted by atomic mass is 10.2. The first-order chi connectivity index (χ1) is 23.7. The molecule has 0 N–H and O–H groups in total. The molecule has 4 atom stereocenters. The highest BCUT2D eigenvalue weighted by Gasteiger charge is 2.40. The summed E-state index contributed by atoms with van der Waals surface area (Å²) in [5, 5.41) is 0. The van der Waals surface area contributed by atoms with Crippen molar-refractivity contribution >= 4 is 94.1 Å². The van der Waals surface area contributed by atoms with Crippen molar-refractivity contribution in [3.05, 3.63) is 25.4 Å². The molecule has 0 fully saturated rings. The van der Waals surface area contributed by atoms with Crippen LogP contribution in [-0.2, 0) is 56.8 Å². The first-order valence-corrected chi connectivity index (χ1v) is 21.9. The van der Waals surface area contributed by atoms with Crippen molar-refractivity contribution in [1.82, 2.24) is 0 Å². The Hall–Kier alpha value is 1.54. The van der Waals surface area contributed by atoms with E-state index in [2.05, 4.69) is 0 Å². The van der Waals surface area contributed by atoms with Gasteiger partial charge in [-0.25, -0.2) is 0 Å². The Labute approximate surface area is 317 Å². The van der Waals surface area contributed by atoms with Crippen LogP contribution < -0.4 is 0 Å². The van der Waals surface area contributed by atoms with E-state index >= 15 is 0 Å². The average Bonchev–Trinajstić information content (AvgIpc) is 3.69. The molecule has 0 radical (unpaired) electrons. The third-order valence-electron chi connectivity index (χ3n) is 6.17. The third kappa shape index (κ3) is 14.8. The Morgan fingerprint density at radius 1 is 0.417 bits per heavy atom. The van der Waals surface area contributed by atoms with E-state index in [0.717, 1.165) is 11.5 Å². The molecule has 0 aromatic heterocycles. The highest BCUT2D eigenvalue weighted by Crippen LogP contribution is 2.68. The highest BCUT2D eigenvalue weighted by molar-refractivity contribution is 8.45. The fraction of sp³-hybridized carbons (Fsp3) is 0.786. The van der Waals surface area contributed by atoms with E-state index in [4.69, 9.17) is 56.8 Å². The predicted molar refractivity (Wildman–Crippen MR) is 202 cm³/mol. The van der Waals surface area contributed by atoms with Crippen molar-refractivity contribution in [2.45, 2.75) is 23.1 Å². The van der Waals surface area contributed by atoms with Crippen molar-refractivity contribution < 1.29 is 56.8 Å². The molecule has 12 nitrogen and oxygen atoms in total. The van der Waals surface area contributed by atoms with Crippen LogP contribution in [0.5, 0.6) is 0 Å². The number of thioether (sulfide) groups is 8. The number of ether oxygens (including phenoxy) is 12. The quantitative estimate of drug-likeness (QED) is 0.0810. The number of hydrogen-bond donors (Lipinski definition) is 0. The summed E-state index contributed by atoms with van der Waals surface area (Å²) in [4.78, 5) is 0. The Balaban J connectivity index is 1.34. The number of methoxy groups -OCH3 is 4. The first kappa shape index (κ1) is 42.3. The minimum atomic E-state index is -0.251. The second-order valence-electron chi connectivity index (χ2n) is 9.55. The van der Waals surface area contributed by atoms with Crippen molar-refractivity contribution in [2.24, 2.45) is 0 Å². The van der Waals surface area contributed by atoms with E-state index in [1.807, 2.05) is 23.5 Å². The minimum absolute atomic E-state index is 0.157. The summed E-state index contributed by atoms with van der Waals surface area (Å²) < 4.78 is 74.9. The van der Waals surface area contributed by atoms with Crippen LogP contribution in [0.4, 0.5) is 0 Å². The van der Waals surface area contributed by atoms with E-state index in [1.165, 1.54) is 25.4 Å². The summed E-state index contributed by atoms with van der Waals surface area (Å²) in [5.74, 6) is 1.48. The van der Waals surface area contributed by atoms with Crippen LogP contribution >= 0.6 is 94.1 Å². The van der Waals surface area contributed by atoms with Gasteiger partial charge >= 0.3 is 0 Å². The van der Waals surface area contributed by atoms with E-state index in [-0.39, 0.29) is 50.3 Å². The zero-order valence-electron chi connectivity index (χ0n) is 27.4. The molecule has 0 amide bonds. The molecule has 20 heteroatoms. The van der Waals surface area contributed by atoms with Gasteiger partial charge in [-0.15, -0.1) is 23.5 Å². The number of hydrogen-bond acceptors (Lipinski definition) is 20. The molecule has 48 heavy (non-hydrogen) atoms. The van der Waals surface area contributed by atoms with E-state index in [0.29, 0.717) is 52.9 Å². The third-order valence-corrected chi connectivity index (χ3v) is 18.3. The Kier molecular flexibility index (Phi) is 22.5. The lowest BCUT2D eigenvalue weighted by Gasteiger charge is -2.30. The van der Waals surface area contributed by atoms with Crippen LogP contribution in [-0.4, -0.2) is 143 Å². The zero-order chi connectivity index (χ0) is 33.8. The molecular formula is C28H44O12S8. The number of rotatable bonds is 24. The Morgan fingerprint density at radius 2 is 0.750 bits per heavy atom. The summed E-state index contributed by atoms with van der Waals surface area (Å²) in [7, 11) is 6.60. The van der Waals surface area contributed by atoms with Crippen LogP contribution in [0.1, 0.15) is 0 Å². The van der Waals surface area contributed by atoms with Crippen molar-refractivity contribution in [2.75, 3.05) is 120 Å². The molecule has 0 saturated carbocycles. The van der Waals surface area contributed by atoms with Crippen molar-refractivity contribution in [3.8, 4) is 0 Å². The first-order valence-electron chi connectivity index (χ1n) is 14.9. The maximum atomic E-state index is 6.17. The molecule has 4 heterocycles. The molecule has 0 aliphatic carbocycles. The van der Waals surface area contributed by atoms with Crippen LogP contribution in [0, 0.1) is 0 Å². The molecular weight excluding hydrogens is 785 g/mol. The molecule has 0 aromatic carbocycles. The van der Waals surface area contributed by atoms with Gasteiger partial charge in [0.15, 0.2) is 0 Å². The van der Waals surface area contributed by atoms with Crippen molar-refractivity contribution in [3.63, 3.8) is 0 Å². The smallest absolute Gasteiger partial charge is 0.148 e. The van der Waals surface area contributed by atoms with Gasteiger partial charge in [-0.05, 0) is 0 Å². The highest BCUT2D eigenvalue weighted by atomic mass is 32.3. The monoisotopic (exact) mass is 828 g/mol. The summed E-state index contributed by atoms with van der Waals surface area (Å²) in [6, 6.07) is 0. The van der Waals surface area contributed by atoms with E-state index in [1.54, 1.807) is 99.0 Å². The van der Waals surface area contributed by atoms with E-state index < -0.39 is 0 Å². The summed E-state index contributed by atoms with van der Waals surface area (Å²) in [6.45, 7) is 4.63. The van der Waals surface area contributed by atoms with Crippen LogP contribution in [0.25, 0.3) is 0 Å². The van der Waals surface area contributed by atoms with E-state index in [9.17, 15) is 0 Å². The molecule has 4 aliphatic rings.